The third-order valence-corrected chi connectivity index (χ3v) is 5.41. The summed E-state index contributed by atoms with van der Waals surface area (Å²) in [6, 6.07) is 4.15. The van der Waals surface area contributed by atoms with Crippen molar-refractivity contribution in [3.05, 3.63) is 20.8 Å². The van der Waals surface area contributed by atoms with Crippen molar-refractivity contribution in [3.8, 4) is 0 Å². The number of carbonyl (C=O) groups is 1. The molecule has 1 aromatic rings. The molecule has 0 aliphatic heterocycles. The van der Waals surface area contributed by atoms with Gasteiger partial charge in [-0.2, -0.15) is 0 Å². The van der Waals surface area contributed by atoms with Crippen molar-refractivity contribution < 1.29 is 4.79 Å². The van der Waals surface area contributed by atoms with E-state index in [4.69, 9.17) is 5.73 Å². The predicted octanol–water partition coefficient (Wildman–Crippen LogP) is 3.38. The van der Waals surface area contributed by atoms with Gasteiger partial charge in [0.2, 0.25) is 5.91 Å². The van der Waals surface area contributed by atoms with Gasteiger partial charge >= 0.3 is 0 Å². The average molecular weight is 345 g/mol. The third-order valence-electron chi connectivity index (χ3n) is 3.81. The van der Waals surface area contributed by atoms with Crippen LogP contribution in [0.4, 0.5) is 0 Å². The lowest BCUT2D eigenvalue weighted by molar-refractivity contribution is -0.137. The molecule has 0 aromatic carbocycles. The number of carbonyl (C=O) groups excluding carboxylic acids is 1. The van der Waals surface area contributed by atoms with Gasteiger partial charge in [-0.25, -0.2) is 0 Å². The standard InChI is InChI=1S/C14H21BrN2OS/c1-2-17(9-10-7-8-13(15)19-10)14(18)11-5-3-4-6-12(11)16/h7-8,11-12H,2-6,9,16H2,1H3. The monoisotopic (exact) mass is 344 g/mol. The summed E-state index contributed by atoms with van der Waals surface area (Å²) in [6.45, 7) is 3.49. The van der Waals surface area contributed by atoms with E-state index >= 15 is 0 Å². The largest absolute Gasteiger partial charge is 0.338 e. The summed E-state index contributed by atoms with van der Waals surface area (Å²) in [7, 11) is 0. The zero-order valence-corrected chi connectivity index (χ0v) is 13.7. The Labute approximate surface area is 127 Å². The predicted molar refractivity (Wildman–Crippen MR) is 83.0 cm³/mol. The van der Waals surface area contributed by atoms with Crippen molar-refractivity contribution in [3.63, 3.8) is 0 Å². The molecule has 1 heterocycles. The highest BCUT2D eigenvalue weighted by Crippen LogP contribution is 2.27. The number of amides is 1. The molecule has 0 radical (unpaired) electrons. The number of nitrogens with zero attached hydrogens (tertiary/aromatic N) is 1. The van der Waals surface area contributed by atoms with Gasteiger partial charge in [0, 0.05) is 17.5 Å². The first-order valence-corrected chi connectivity index (χ1v) is 8.51. The second-order valence-corrected chi connectivity index (χ2v) is 7.66. The quantitative estimate of drug-likeness (QED) is 0.909. The molecule has 2 N–H and O–H groups in total. The SMILES string of the molecule is CCN(Cc1ccc(Br)s1)C(=O)C1CCCCC1N. The number of halogens is 1. The fraction of sp³-hybridized carbons (Fsp3) is 0.643. The molecule has 2 unspecified atom stereocenters. The van der Waals surface area contributed by atoms with Crippen LogP contribution in [0.3, 0.4) is 0 Å². The molecular weight excluding hydrogens is 324 g/mol. The minimum atomic E-state index is 0.0251. The highest BCUT2D eigenvalue weighted by Gasteiger charge is 2.31. The fourth-order valence-electron chi connectivity index (χ4n) is 2.67. The average Bonchev–Trinajstić information content (AvgIpc) is 2.81. The van der Waals surface area contributed by atoms with Crippen molar-refractivity contribution >= 4 is 33.2 Å². The Balaban J connectivity index is 2.01. The van der Waals surface area contributed by atoms with E-state index in [0.29, 0.717) is 6.54 Å². The van der Waals surface area contributed by atoms with Gasteiger partial charge in [0.1, 0.15) is 0 Å². The maximum Gasteiger partial charge on any atom is 0.227 e. The van der Waals surface area contributed by atoms with Gasteiger partial charge in [-0.15, -0.1) is 11.3 Å². The first-order chi connectivity index (χ1) is 9.11. The molecule has 0 saturated heterocycles. The smallest absolute Gasteiger partial charge is 0.227 e. The molecule has 106 valence electrons. The van der Waals surface area contributed by atoms with E-state index in [1.165, 1.54) is 4.88 Å². The van der Waals surface area contributed by atoms with Gasteiger partial charge in [-0.1, -0.05) is 12.8 Å². The van der Waals surface area contributed by atoms with Crippen LogP contribution in [-0.2, 0) is 11.3 Å². The first kappa shape index (κ1) is 15.0. The van der Waals surface area contributed by atoms with Crippen molar-refractivity contribution in [2.24, 2.45) is 11.7 Å². The van der Waals surface area contributed by atoms with Gasteiger partial charge in [-0.05, 0) is 47.8 Å². The number of thiophene rings is 1. The summed E-state index contributed by atoms with van der Waals surface area (Å²) in [5.74, 6) is 0.260. The van der Waals surface area contributed by atoms with Crippen molar-refractivity contribution in [2.45, 2.75) is 45.2 Å². The molecular formula is C14H21BrN2OS. The second kappa shape index (κ2) is 6.86. The van der Waals surface area contributed by atoms with Gasteiger partial charge < -0.3 is 10.6 Å². The normalized spacial score (nSPS) is 23.3. The van der Waals surface area contributed by atoms with E-state index in [-0.39, 0.29) is 17.9 Å². The third kappa shape index (κ3) is 3.80. The molecule has 1 saturated carbocycles. The minimum Gasteiger partial charge on any atom is -0.338 e. The maximum absolute atomic E-state index is 12.6. The molecule has 1 aliphatic rings. The molecule has 5 heteroatoms. The molecule has 1 aromatic heterocycles. The molecule has 2 rings (SSSR count). The first-order valence-electron chi connectivity index (χ1n) is 6.90. The van der Waals surface area contributed by atoms with Crippen LogP contribution in [0.15, 0.2) is 15.9 Å². The van der Waals surface area contributed by atoms with Crippen LogP contribution in [0.5, 0.6) is 0 Å². The summed E-state index contributed by atoms with van der Waals surface area (Å²) >= 11 is 5.15. The number of rotatable bonds is 4. The zero-order chi connectivity index (χ0) is 13.8. The van der Waals surface area contributed by atoms with Gasteiger partial charge in [-0.3, -0.25) is 4.79 Å². The lowest BCUT2D eigenvalue weighted by atomic mass is 9.84. The lowest BCUT2D eigenvalue weighted by Gasteiger charge is -2.32. The maximum atomic E-state index is 12.6. The Morgan fingerprint density at radius 3 is 2.79 bits per heavy atom. The van der Waals surface area contributed by atoms with E-state index in [1.807, 2.05) is 17.9 Å². The molecule has 0 bridgehead atoms. The Morgan fingerprint density at radius 2 is 2.21 bits per heavy atom. The number of hydrogen-bond acceptors (Lipinski definition) is 3. The van der Waals surface area contributed by atoms with Gasteiger partial charge in [0.05, 0.1) is 16.2 Å². The topological polar surface area (TPSA) is 46.3 Å². The fourth-order valence-corrected chi connectivity index (χ4v) is 4.17. The van der Waals surface area contributed by atoms with Crippen LogP contribution in [0.25, 0.3) is 0 Å². The molecule has 1 aliphatic carbocycles. The zero-order valence-electron chi connectivity index (χ0n) is 11.3. The van der Waals surface area contributed by atoms with E-state index < -0.39 is 0 Å². The van der Waals surface area contributed by atoms with Crippen LogP contribution in [0.2, 0.25) is 0 Å². The van der Waals surface area contributed by atoms with Crippen LogP contribution in [-0.4, -0.2) is 23.4 Å². The van der Waals surface area contributed by atoms with E-state index in [9.17, 15) is 4.79 Å². The molecule has 1 fully saturated rings. The van der Waals surface area contributed by atoms with Crippen molar-refractivity contribution in [1.29, 1.82) is 0 Å². The van der Waals surface area contributed by atoms with E-state index in [1.54, 1.807) is 11.3 Å². The number of hydrogen-bond donors (Lipinski definition) is 1. The Morgan fingerprint density at radius 1 is 1.47 bits per heavy atom. The molecule has 3 nitrogen and oxygen atoms in total. The summed E-state index contributed by atoms with van der Waals surface area (Å²) in [5.41, 5.74) is 6.12. The highest BCUT2D eigenvalue weighted by atomic mass is 79.9. The number of nitrogens with two attached hydrogens (primary N) is 1. The second-order valence-electron chi connectivity index (χ2n) is 5.11. The van der Waals surface area contributed by atoms with Crippen LogP contribution >= 0.6 is 27.3 Å². The molecule has 0 spiro atoms. The Hall–Kier alpha value is -0.390. The summed E-state index contributed by atoms with van der Waals surface area (Å²) < 4.78 is 1.11. The van der Waals surface area contributed by atoms with Crippen molar-refractivity contribution in [2.75, 3.05) is 6.54 Å². The summed E-state index contributed by atoms with van der Waals surface area (Å²) in [4.78, 5) is 15.7. The van der Waals surface area contributed by atoms with Crippen LogP contribution in [0, 0.1) is 5.92 Å². The minimum absolute atomic E-state index is 0.0251. The van der Waals surface area contributed by atoms with Crippen molar-refractivity contribution in [1.82, 2.24) is 4.90 Å². The van der Waals surface area contributed by atoms with E-state index in [2.05, 4.69) is 22.0 Å². The Kier molecular flexibility index (Phi) is 5.42. The van der Waals surface area contributed by atoms with Crippen LogP contribution in [0.1, 0.15) is 37.5 Å². The molecule has 1 amide bonds. The summed E-state index contributed by atoms with van der Waals surface area (Å²) in [5, 5.41) is 0. The summed E-state index contributed by atoms with van der Waals surface area (Å²) in [6.07, 6.45) is 4.23. The van der Waals surface area contributed by atoms with E-state index in [0.717, 1.165) is 36.0 Å². The Bertz CT molecular complexity index is 435. The highest BCUT2D eigenvalue weighted by molar-refractivity contribution is 9.11. The van der Waals surface area contributed by atoms with Gasteiger partial charge in [0.15, 0.2) is 0 Å². The van der Waals surface area contributed by atoms with Gasteiger partial charge in [0.25, 0.3) is 0 Å². The molecule has 19 heavy (non-hydrogen) atoms. The van der Waals surface area contributed by atoms with Crippen LogP contribution < -0.4 is 5.73 Å². The lowest BCUT2D eigenvalue weighted by Crippen LogP contribution is -2.45. The molecule has 2 atom stereocenters.